The molecule has 0 spiro atoms. The standard InChI is InChI=1S/C10H15N3O/c1-8-4-9(12-7-11-8)13-5-10(2,6-13)14-3/h4,7H,5-6H2,1-3H3. The van der Waals surface area contributed by atoms with Crippen LogP contribution in [0.3, 0.4) is 0 Å². The molecule has 2 heterocycles. The Morgan fingerprint density at radius 1 is 1.43 bits per heavy atom. The van der Waals surface area contributed by atoms with Crippen molar-refractivity contribution in [3.63, 3.8) is 0 Å². The normalized spacial score (nSPS) is 19.2. The molecule has 0 aromatic carbocycles. The second kappa shape index (κ2) is 3.20. The van der Waals surface area contributed by atoms with Crippen LogP contribution in [0.25, 0.3) is 0 Å². The van der Waals surface area contributed by atoms with Crippen molar-refractivity contribution >= 4 is 5.82 Å². The predicted molar refractivity (Wildman–Crippen MR) is 54.4 cm³/mol. The van der Waals surface area contributed by atoms with Crippen LogP contribution in [0.15, 0.2) is 12.4 Å². The number of rotatable bonds is 2. The zero-order chi connectivity index (χ0) is 10.2. The van der Waals surface area contributed by atoms with E-state index in [2.05, 4.69) is 21.8 Å². The number of ether oxygens (including phenoxy) is 1. The zero-order valence-electron chi connectivity index (χ0n) is 8.82. The van der Waals surface area contributed by atoms with Crippen molar-refractivity contribution < 1.29 is 4.74 Å². The molecule has 0 aliphatic carbocycles. The van der Waals surface area contributed by atoms with Crippen LogP contribution in [-0.4, -0.2) is 35.8 Å². The number of hydrogen-bond donors (Lipinski definition) is 0. The van der Waals surface area contributed by atoms with E-state index in [9.17, 15) is 0 Å². The smallest absolute Gasteiger partial charge is 0.132 e. The molecule has 2 rings (SSSR count). The molecule has 1 aromatic rings. The summed E-state index contributed by atoms with van der Waals surface area (Å²) < 4.78 is 5.37. The number of anilines is 1. The van der Waals surface area contributed by atoms with Gasteiger partial charge >= 0.3 is 0 Å². The Labute approximate surface area is 83.9 Å². The van der Waals surface area contributed by atoms with Crippen molar-refractivity contribution in [3.05, 3.63) is 18.1 Å². The van der Waals surface area contributed by atoms with E-state index in [-0.39, 0.29) is 5.60 Å². The molecule has 0 unspecified atom stereocenters. The summed E-state index contributed by atoms with van der Waals surface area (Å²) in [5, 5.41) is 0. The van der Waals surface area contributed by atoms with Gasteiger partial charge in [0.05, 0.1) is 5.60 Å². The van der Waals surface area contributed by atoms with Gasteiger partial charge in [0.25, 0.3) is 0 Å². The largest absolute Gasteiger partial charge is 0.375 e. The number of nitrogens with zero attached hydrogens (tertiary/aromatic N) is 3. The van der Waals surface area contributed by atoms with Crippen LogP contribution >= 0.6 is 0 Å². The van der Waals surface area contributed by atoms with E-state index in [1.54, 1.807) is 13.4 Å². The van der Waals surface area contributed by atoms with E-state index in [4.69, 9.17) is 4.74 Å². The fraction of sp³-hybridized carbons (Fsp3) is 0.600. The predicted octanol–water partition coefficient (Wildman–Crippen LogP) is 1.01. The Bertz CT molecular complexity index is 334. The van der Waals surface area contributed by atoms with E-state index in [0.717, 1.165) is 24.6 Å². The first kappa shape index (κ1) is 9.40. The first-order chi connectivity index (χ1) is 6.63. The second-order valence-corrected chi connectivity index (χ2v) is 4.03. The minimum atomic E-state index is -0.00114. The maximum Gasteiger partial charge on any atom is 0.132 e. The molecular formula is C10H15N3O. The molecule has 1 aliphatic heterocycles. The number of aromatic nitrogens is 2. The molecule has 0 bridgehead atoms. The van der Waals surface area contributed by atoms with Gasteiger partial charge in [-0.15, -0.1) is 0 Å². The van der Waals surface area contributed by atoms with Gasteiger partial charge in [-0.05, 0) is 13.8 Å². The molecule has 14 heavy (non-hydrogen) atoms. The first-order valence-corrected chi connectivity index (χ1v) is 4.72. The molecule has 0 radical (unpaired) electrons. The van der Waals surface area contributed by atoms with E-state index < -0.39 is 0 Å². The third kappa shape index (κ3) is 1.57. The molecule has 4 heteroatoms. The number of methoxy groups -OCH3 is 1. The molecule has 0 atom stereocenters. The van der Waals surface area contributed by atoms with Crippen LogP contribution in [-0.2, 0) is 4.74 Å². The summed E-state index contributed by atoms with van der Waals surface area (Å²) in [4.78, 5) is 10.5. The molecule has 76 valence electrons. The Kier molecular flexibility index (Phi) is 2.15. The second-order valence-electron chi connectivity index (χ2n) is 4.03. The van der Waals surface area contributed by atoms with Gasteiger partial charge < -0.3 is 9.64 Å². The SMILES string of the molecule is COC1(C)CN(c2cc(C)ncn2)C1. The van der Waals surface area contributed by atoms with Crippen molar-refractivity contribution in [2.75, 3.05) is 25.1 Å². The molecule has 1 aliphatic rings. The Balaban J connectivity index is 2.06. The molecule has 0 N–H and O–H groups in total. The fourth-order valence-electron chi connectivity index (χ4n) is 1.67. The summed E-state index contributed by atoms with van der Waals surface area (Å²) in [6.45, 7) is 5.89. The lowest BCUT2D eigenvalue weighted by atomic mass is 9.96. The van der Waals surface area contributed by atoms with Crippen molar-refractivity contribution in [2.45, 2.75) is 19.4 Å². The van der Waals surface area contributed by atoms with Gasteiger partial charge in [-0.1, -0.05) is 0 Å². The summed E-state index contributed by atoms with van der Waals surface area (Å²) in [6.07, 6.45) is 1.60. The molecule has 0 saturated carbocycles. The van der Waals surface area contributed by atoms with Gasteiger partial charge in [0.15, 0.2) is 0 Å². The van der Waals surface area contributed by atoms with Crippen molar-refractivity contribution in [3.8, 4) is 0 Å². The summed E-state index contributed by atoms with van der Waals surface area (Å²) in [5.41, 5.74) is 1.000. The van der Waals surface area contributed by atoms with Crippen molar-refractivity contribution in [2.24, 2.45) is 0 Å². The highest BCUT2D eigenvalue weighted by Gasteiger charge is 2.39. The molecular weight excluding hydrogens is 178 g/mol. The number of aryl methyl sites for hydroxylation is 1. The van der Waals surface area contributed by atoms with E-state index in [1.165, 1.54) is 0 Å². The topological polar surface area (TPSA) is 38.2 Å². The highest BCUT2D eigenvalue weighted by molar-refractivity contribution is 5.43. The Hall–Kier alpha value is -1.16. The summed E-state index contributed by atoms with van der Waals surface area (Å²) in [6, 6.07) is 2.00. The number of hydrogen-bond acceptors (Lipinski definition) is 4. The average Bonchev–Trinajstić information content (AvgIpc) is 2.13. The molecule has 4 nitrogen and oxygen atoms in total. The Morgan fingerprint density at radius 3 is 2.71 bits per heavy atom. The molecule has 1 saturated heterocycles. The van der Waals surface area contributed by atoms with Gasteiger partial charge in [-0.25, -0.2) is 9.97 Å². The van der Waals surface area contributed by atoms with Crippen LogP contribution in [0.4, 0.5) is 5.82 Å². The van der Waals surface area contributed by atoms with Gasteiger partial charge in [-0.3, -0.25) is 0 Å². The van der Waals surface area contributed by atoms with Crippen LogP contribution in [0.2, 0.25) is 0 Å². The van der Waals surface area contributed by atoms with Gasteiger partial charge in [-0.2, -0.15) is 0 Å². The van der Waals surface area contributed by atoms with Crippen molar-refractivity contribution in [1.82, 2.24) is 9.97 Å². The molecule has 0 amide bonds. The van der Waals surface area contributed by atoms with Crippen LogP contribution in [0.5, 0.6) is 0 Å². The lowest BCUT2D eigenvalue weighted by Crippen LogP contribution is -2.61. The quantitative estimate of drug-likeness (QED) is 0.702. The average molecular weight is 193 g/mol. The highest BCUT2D eigenvalue weighted by Crippen LogP contribution is 2.27. The summed E-state index contributed by atoms with van der Waals surface area (Å²) in [7, 11) is 1.75. The minimum Gasteiger partial charge on any atom is -0.375 e. The first-order valence-electron chi connectivity index (χ1n) is 4.72. The van der Waals surface area contributed by atoms with E-state index in [1.807, 2.05) is 13.0 Å². The molecule has 1 fully saturated rings. The third-order valence-corrected chi connectivity index (χ3v) is 2.66. The van der Waals surface area contributed by atoms with Crippen LogP contribution in [0.1, 0.15) is 12.6 Å². The van der Waals surface area contributed by atoms with Gasteiger partial charge in [0.1, 0.15) is 12.1 Å². The summed E-state index contributed by atoms with van der Waals surface area (Å²) >= 11 is 0. The zero-order valence-corrected chi connectivity index (χ0v) is 8.82. The lowest BCUT2D eigenvalue weighted by Gasteiger charge is -2.47. The fourth-order valence-corrected chi connectivity index (χ4v) is 1.67. The van der Waals surface area contributed by atoms with E-state index in [0.29, 0.717) is 0 Å². The minimum absolute atomic E-state index is 0.00114. The van der Waals surface area contributed by atoms with Gasteiger partial charge in [0.2, 0.25) is 0 Å². The molecule has 1 aromatic heterocycles. The monoisotopic (exact) mass is 193 g/mol. The van der Waals surface area contributed by atoms with Crippen LogP contribution < -0.4 is 4.90 Å². The van der Waals surface area contributed by atoms with Crippen molar-refractivity contribution in [1.29, 1.82) is 0 Å². The third-order valence-electron chi connectivity index (χ3n) is 2.66. The highest BCUT2D eigenvalue weighted by atomic mass is 16.5. The maximum atomic E-state index is 5.37. The van der Waals surface area contributed by atoms with Crippen LogP contribution in [0, 0.1) is 6.92 Å². The van der Waals surface area contributed by atoms with Gasteiger partial charge in [0, 0.05) is 32.0 Å². The Morgan fingerprint density at radius 2 is 2.14 bits per heavy atom. The maximum absolute atomic E-state index is 5.37. The summed E-state index contributed by atoms with van der Waals surface area (Å²) in [5.74, 6) is 0.993. The lowest BCUT2D eigenvalue weighted by molar-refractivity contribution is -0.0171. The van der Waals surface area contributed by atoms with E-state index >= 15 is 0 Å².